The maximum atomic E-state index is 12.4. The van der Waals surface area contributed by atoms with Crippen molar-refractivity contribution in [3.8, 4) is 22.8 Å². The summed E-state index contributed by atoms with van der Waals surface area (Å²) in [7, 11) is 0. The number of nitrogens with one attached hydrogen (secondary N) is 1. The first-order chi connectivity index (χ1) is 14.8. The number of carbonyl (C=O) groups excluding carboxylic acids is 1. The number of thiazole rings is 1. The average molecular weight is 503 g/mol. The molecule has 1 heterocycles. The first-order valence-electron chi connectivity index (χ1n) is 10.2. The molecule has 5 nitrogen and oxygen atoms in total. The molecule has 0 fully saturated rings. The van der Waals surface area contributed by atoms with Crippen LogP contribution in [0.4, 0.5) is 5.13 Å². The molecule has 1 aromatic heterocycles. The minimum absolute atomic E-state index is 0.0803. The summed E-state index contributed by atoms with van der Waals surface area (Å²) in [5, 5.41) is 5.29. The van der Waals surface area contributed by atoms with Gasteiger partial charge in [-0.15, -0.1) is 11.3 Å². The van der Waals surface area contributed by atoms with E-state index in [9.17, 15) is 4.79 Å². The number of hydrogen-bond donors (Lipinski definition) is 1. The van der Waals surface area contributed by atoms with Crippen molar-refractivity contribution in [1.82, 2.24) is 4.98 Å². The summed E-state index contributed by atoms with van der Waals surface area (Å²) < 4.78 is 12.4. The zero-order valence-corrected chi connectivity index (χ0v) is 20.6. The van der Waals surface area contributed by atoms with E-state index in [0.29, 0.717) is 17.5 Å². The Kier molecular flexibility index (Phi) is 7.73. The first-order valence-corrected chi connectivity index (χ1v) is 11.8. The van der Waals surface area contributed by atoms with Crippen molar-refractivity contribution < 1.29 is 14.3 Å². The van der Waals surface area contributed by atoms with Gasteiger partial charge in [-0.2, -0.15) is 0 Å². The van der Waals surface area contributed by atoms with Gasteiger partial charge in [-0.05, 0) is 54.3 Å². The van der Waals surface area contributed by atoms with Crippen molar-refractivity contribution in [3.05, 3.63) is 57.9 Å². The van der Waals surface area contributed by atoms with Crippen molar-refractivity contribution in [2.24, 2.45) is 0 Å². The van der Waals surface area contributed by atoms with Crippen LogP contribution in [0.1, 0.15) is 39.7 Å². The number of rotatable bonds is 8. The second-order valence-electron chi connectivity index (χ2n) is 8.14. The Balaban J connectivity index is 1.60. The maximum Gasteiger partial charge on any atom is 0.264 e. The molecule has 164 valence electrons. The van der Waals surface area contributed by atoms with E-state index in [0.717, 1.165) is 33.5 Å². The number of hydrogen-bond acceptors (Lipinski definition) is 5. The van der Waals surface area contributed by atoms with Crippen LogP contribution >= 0.6 is 27.3 Å². The van der Waals surface area contributed by atoms with E-state index in [1.165, 1.54) is 11.3 Å². The Bertz CT molecular complexity index is 1030. The van der Waals surface area contributed by atoms with Crippen molar-refractivity contribution in [2.75, 3.05) is 18.5 Å². The molecule has 0 saturated heterocycles. The molecule has 31 heavy (non-hydrogen) atoms. The lowest BCUT2D eigenvalue weighted by Gasteiger charge is -2.23. The molecule has 0 aliphatic rings. The minimum Gasteiger partial charge on any atom is -0.494 e. The van der Waals surface area contributed by atoms with Crippen molar-refractivity contribution in [2.45, 2.75) is 39.5 Å². The van der Waals surface area contributed by atoms with Gasteiger partial charge in [0.15, 0.2) is 11.7 Å². The Morgan fingerprint density at radius 1 is 1.13 bits per heavy atom. The number of nitrogens with zero attached hydrogens (tertiary/aromatic N) is 1. The summed E-state index contributed by atoms with van der Waals surface area (Å²) in [5.74, 6) is 1.30. The zero-order chi connectivity index (χ0) is 22.4. The largest absolute Gasteiger partial charge is 0.494 e. The third-order valence-electron chi connectivity index (χ3n) is 4.48. The van der Waals surface area contributed by atoms with Gasteiger partial charge in [0.1, 0.15) is 11.5 Å². The summed E-state index contributed by atoms with van der Waals surface area (Å²) in [6.07, 6.45) is 0.972. The molecule has 0 aliphatic heterocycles. The lowest BCUT2D eigenvalue weighted by molar-refractivity contribution is -0.118. The SMILES string of the molecule is CCCOc1ccc(-c2csc(NC(=O)COc3ccc(Br)cc3C(C)(C)C)n2)cc1. The van der Waals surface area contributed by atoms with Crippen LogP contribution in [0.25, 0.3) is 11.3 Å². The van der Waals surface area contributed by atoms with Gasteiger partial charge in [0.25, 0.3) is 5.91 Å². The van der Waals surface area contributed by atoms with Gasteiger partial charge in [0.2, 0.25) is 0 Å². The molecule has 0 atom stereocenters. The Labute approximate surface area is 195 Å². The first kappa shape index (κ1) is 23.3. The summed E-state index contributed by atoms with van der Waals surface area (Å²) in [5.41, 5.74) is 2.72. The van der Waals surface area contributed by atoms with Gasteiger partial charge in [0.05, 0.1) is 12.3 Å². The molecular formula is C24H27BrN2O3S. The third kappa shape index (κ3) is 6.55. The van der Waals surface area contributed by atoms with Gasteiger partial charge in [-0.1, -0.05) is 43.6 Å². The highest BCUT2D eigenvalue weighted by Crippen LogP contribution is 2.33. The standard InChI is InChI=1S/C24H27BrN2O3S/c1-5-12-29-18-9-6-16(7-10-18)20-15-31-23(26-20)27-22(28)14-30-21-11-8-17(25)13-19(21)24(2,3)4/h6-11,13,15H,5,12,14H2,1-4H3,(H,26,27,28). The van der Waals surface area contributed by atoms with E-state index in [4.69, 9.17) is 9.47 Å². The molecule has 7 heteroatoms. The lowest BCUT2D eigenvalue weighted by Crippen LogP contribution is -2.22. The fourth-order valence-electron chi connectivity index (χ4n) is 2.92. The minimum atomic E-state index is -0.244. The highest BCUT2D eigenvalue weighted by atomic mass is 79.9. The van der Waals surface area contributed by atoms with Crippen LogP contribution in [0.2, 0.25) is 0 Å². The van der Waals surface area contributed by atoms with Crippen LogP contribution in [0.5, 0.6) is 11.5 Å². The molecule has 0 saturated carbocycles. The summed E-state index contributed by atoms with van der Waals surface area (Å²) >= 11 is 4.89. The molecule has 0 spiro atoms. The normalized spacial score (nSPS) is 11.3. The Morgan fingerprint density at radius 2 is 1.87 bits per heavy atom. The molecule has 0 aliphatic carbocycles. The van der Waals surface area contributed by atoms with Crippen LogP contribution < -0.4 is 14.8 Å². The van der Waals surface area contributed by atoms with Crippen LogP contribution in [-0.4, -0.2) is 24.1 Å². The number of benzene rings is 2. The number of carbonyl (C=O) groups is 1. The van der Waals surface area contributed by atoms with Crippen molar-refractivity contribution in [3.63, 3.8) is 0 Å². The molecule has 0 bridgehead atoms. The van der Waals surface area contributed by atoms with E-state index >= 15 is 0 Å². The molecule has 0 unspecified atom stereocenters. The molecule has 0 radical (unpaired) electrons. The zero-order valence-electron chi connectivity index (χ0n) is 18.2. The summed E-state index contributed by atoms with van der Waals surface area (Å²) in [6.45, 7) is 9.03. The van der Waals surface area contributed by atoms with E-state index in [1.807, 2.05) is 47.8 Å². The predicted molar refractivity (Wildman–Crippen MR) is 130 cm³/mol. The van der Waals surface area contributed by atoms with Gasteiger partial charge in [0, 0.05) is 21.0 Å². The number of ether oxygens (including phenoxy) is 2. The lowest BCUT2D eigenvalue weighted by atomic mass is 9.86. The van der Waals surface area contributed by atoms with Crippen LogP contribution in [0.15, 0.2) is 52.3 Å². The monoisotopic (exact) mass is 502 g/mol. The smallest absolute Gasteiger partial charge is 0.264 e. The van der Waals surface area contributed by atoms with Gasteiger partial charge in [-0.3, -0.25) is 10.1 Å². The second kappa shape index (κ2) is 10.3. The molecule has 1 N–H and O–H groups in total. The predicted octanol–water partition coefficient (Wildman–Crippen LogP) is 6.68. The van der Waals surface area contributed by atoms with E-state index < -0.39 is 0 Å². The number of anilines is 1. The second-order valence-corrected chi connectivity index (χ2v) is 9.91. The van der Waals surface area contributed by atoms with Gasteiger partial charge < -0.3 is 9.47 Å². The Hall–Kier alpha value is -2.38. The van der Waals surface area contributed by atoms with Crippen molar-refractivity contribution >= 4 is 38.3 Å². The molecular weight excluding hydrogens is 476 g/mol. The number of halogens is 1. The quantitative estimate of drug-likeness (QED) is 0.373. The highest BCUT2D eigenvalue weighted by Gasteiger charge is 2.20. The Morgan fingerprint density at radius 3 is 2.55 bits per heavy atom. The molecule has 3 rings (SSSR count). The van der Waals surface area contributed by atoms with Crippen LogP contribution in [0.3, 0.4) is 0 Å². The number of amides is 1. The van der Waals surface area contributed by atoms with Crippen LogP contribution in [-0.2, 0) is 10.2 Å². The van der Waals surface area contributed by atoms with E-state index in [1.54, 1.807) is 0 Å². The fourth-order valence-corrected chi connectivity index (χ4v) is 4.02. The van der Waals surface area contributed by atoms with Crippen molar-refractivity contribution in [1.29, 1.82) is 0 Å². The average Bonchev–Trinajstić information content (AvgIpc) is 3.19. The van der Waals surface area contributed by atoms with Gasteiger partial charge >= 0.3 is 0 Å². The third-order valence-corrected chi connectivity index (χ3v) is 5.73. The van der Waals surface area contributed by atoms with E-state index in [2.05, 4.69) is 53.9 Å². The molecule has 1 amide bonds. The molecule has 2 aromatic carbocycles. The molecule has 3 aromatic rings. The fraction of sp³-hybridized carbons (Fsp3) is 0.333. The number of aromatic nitrogens is 1. The summed E-state index contributed by atoms with van der Waals surface area (Å²) in [6, 6.07) is 13.6. The summed E-state index contributed by atoms with van der Waals surface area (Å²) in [4.78, 5) is 16.9. The van der Waals surface area contributed by atoms with Crippen LogP contribution in [0, 0.1) is 0 Å². The van der Waals surface area contributed by atoms with E-state index in [-0.39, 0.29) is 17.9 Å². The van der Waals surface area contributed by atoms with Gasteiger partial charge in [-0.25, -0.2) is 4.98 Å². The topological polar surface area (TPSA) is 60.5 Å². The maximum absolute atomic E-state index is 12.4. The highest BCUT2D eigenvalue weighted by molar-refractivity contribution is 9.10.